The molecule has 0 spiro atoms. The summed E-state index contributed by atoms with van der Waals surface area (Å²) in [5.74, 6) is 0.719. The van der Waals surface area contributed by atoms with Crippen molar-refractivity contribution >= 4 is 21.9 Å². The van der Waals surface area contributed by atoms with E-state index < -0.39 is 0 Å². The van der Waals surface area contributed by atoms with Crippen LogP contribution < -0.4 is 10.6 Å². The third-order valence-corrected chi connectivity index (χ3v) is 3.61. The minimum atomic E-state index is 0.621. The maximum absolute atomic E-state index is 5.51. The summed E-state index contributed by atoms with van der Waals surface area (Å²) in [6, 6.07) is 8.16. The average Bonchev–Trinajstić information content (AvgIpc) is 2.42. The second kappa shape index (κ2) is 6.63. The van der Waals surface area contributed by atoms with Crippen molar-refractivity contribution in [3.8, 4) is 0 Å². The van der Waals surface area contributed by atoms with E-state index in [-0.39, 0.29) is 0 Å². The van der Waals surface area contributed by atoms with Gasteiger partial charge in [-0.15, -0.1) is 0 Å². The van der Waals surface area contributed by atoms with Crippen molar-refractivity contribution in [2.45, 2.75) is 13.0 Å². The summed E-state index contributed by atoms with van der Waals surface area (Å²) in [5.41, 5.74) is 7.78. The fraction of sp³-hybridized carbons (Fsp3) is 0.286. The van der Waals surface area contributed by atoms with E-state index in [1.165, 1.54) is 5.56 Å². The molecule has 0 amide bonds. The molecule has 0 unspecified atom stereocenters. The van der Waals surface area contributed by atoms with Gasteiger partial charge in [-0.05, 0) is 30.2 Å². The van der Waals surface area contributed by atoms with Gasteiger partial charge < -0.3 is 10.6 Å². The first-order valence-electron chi connectivity index (χ1n) is 6.16. The molecule has 0 aliphatic heterocycles. The van der Waals surface area contributed by atoms with Crippen LogP contribution in [0, 0.1) is 0 Å². The van der Waals surface area contributed by atoms with Gasteiger partial charge in [-0.2, -0.15) is 0 Å². The molecule has 100 valence electrons. The predicted octanol–water partition coefficient (Wildman–Crippen LogP) is 2.38. The minimum Gasteiger partial charge on any atom is -0.340 e. The van der Waals surface area contributed by atoms with E-state index >= 15 is 0 Å². The van der Waals surface area contributed by atoms with Gasteiger partial charge in [-0.3, -0.25) is 0 Å². The molecule has 0 saturated heterocycles. The first-order valence-corrected chi connectivity index (χ1v) is 6.95. The van der Waals surface area contributed by atoms with Crippen molar-refractivity contribution in [1.82, 2.24) is 9.97 Å². The largest absolute Gasteiger partial charge is 0.340 e. The summed E-state index contributed by atoms with van der Waals surface area (Å²) in [6.45, 7) is 1.38. The molecule has 2 aromatic rings. The Morgan fingerprint density at radius 1 is 1.21 bits per heavy atom. The molecule has 0 aliphatic carbocycles. The summed E-state index contributed by atoms with van der Waals surface area (Å²) in [6.07, 6.45) is 4.49. The zero-order valence-corrected chi connectivity index (χ0v) is 12.5. The highest BCUT2D eigenvalue weighted by molar-refractivity contribution is 9.10. The molecule has 0 bridgehead atoms. The second-order valence-electron chi connectivity index (χ2n) is 4.38. The van der Waals surface area contributed by atoms with E-state index in [0.29, 0.717) is 6.54 Å². The van der Waals surface area contributed by atoms with E-state index in [2.05, 4.69) is 32.0 Å². The number of aromatic nitrogens is 2. The Morgan fingerprint density at radius 3 is 2.53 bits per heavy atom. The molecule has 0 atom stereocenters. The molecular weight excluding hydrogens is 304 g/mol. The molecular formula is C14H17BrN4. The smallest absolute Gasteiger partial charge is 0.225 e. The van der Waals surface area contributed by atoms with E-state index in [4.69, 9.17) is 5.73 Å². The fourth-order valence-electron chi connectivity index (χ4n) is 1.79. The predicted molar refractivity (Wildman–Crippen MR) is 81.0 cm³/mol. The first-order chi connectivity index (χ1) is 9.20. The van der Waals surface area contributed by atoms with Gasteiger partial charge in [0.15, 0.2) is 0 Å². The van der Waals surface area contributed by atoms with Gasteiger partial charge in [0, 0.05) is 30.5 Å². The van der Waals surface area contributed by atoms with Gasteiger partial charge in [0.25, 0.3) is 0 Å². The number of halogens is 1. The average molecular weight is 321 g/mol. The van der Waals surface area contributed by atoms with Crippen molar-refractivity contribution in [1.29, 1.82) is 0 Å². The van der Waals surface area contributed by atoms with Gasteiger partial charge in [-0.25, -0.2) is 9.97 Å². The lowest BCUT2D eigenvalue weighted by atomic mass is 10.2. The lowest BCUT2D eigenvalue weighted by Gasteiger charge is -2.17. The SMILES string of the molecule is CN(Cc1ccccc1Br)c1ncc(CCN)cn1. The Hall–Kier alpha value is -1.46. The summed E-state index contributed by atoms with van der Waals surface area (Å²) >= 11 is 3.55. The molecule has 2 rings (SSSR count). The van der Waals surface area contributed by atoms with Crippen molar-refractivity contribution in [2.24, 2.45) is 5.73 Å². The van der Waals surface area contributed by atoms with Crippen molar-refractivity contribution in [2.75, 3.05) is 18.5 Å². The van der Waals surface area contributed by atoms with Crippen LogP contribution in [-0.4, -0.2) is 23.6 Å². The molecule has 0 fully saturated rings. The van der Waals surface area contributed by atoms with Crippen LogP contribution in [0.25, 0.3) is 0 Å². The Labute approximate surface area is 121 Å². The number of hydrogen-bond acceptors (Lipinski definition) is 4. The quantitative estimate of drug-likeness (QED) is 0.919. The van der Waals surface area contributed by atoms with Crippen LogP contribution >= 0.6 is 15.9 Å². The molecule has 1 aromatic carbocycles. The summed E-state index contributed by atoms with van der Waals surface area (Å²) < 4.78 is 1.10. The molecule has 2 N–H and O–H groups in total. The molecule has 4 nitrogen and oxygen atoms in total. The van der Waals surface area contributed by atoms with Crippen LogP contribution in [0.5, 0.6) is 0 Å². The maximum Gasteiger partial charge on any atom is 0.225 e. The Bertz CT molecular complexity index is 527. The van der Waals surface area contributed by atoms with Gasteiger partial charge in [0.05, 0.1) is 0 Å². The lowest BCUT2D eigenvalue weighted by molar-refractivity contribution is 0.851. The van der Waals surface area contributed by atoms with Crippen LogP contribution in [-0.2, 0) is 13.0 Å². The summed E-state index contributed by atoms with van der Waals surface area (Å²) in [4.78, 5) is 10.8. The van der Waals surface area contributed by atoms with Crippen LogP contribution in [0.15, 0.2) is 41.1 Å². The zero-order chi connectivity index (χ0) is 13.7. The van der Waals surface area contributed by atoms with Crippen LogP contribution in [0.2, 0.25) is 0 Å². The Morgan fingerprint density at radius 2 is 1.89 bits per heavy atom. The van der Waals surface area contributed by atoms with Gasteiger partial charge >= 0.3 is 0 Å². The minimum absolute atomic E-state index is 0.621. The fourth-order valence-corrected chi connectivity index (χ4v) is 2.20. The van der Waals surface area contributed by atoms with Crippen LogP contribution in [0.1, 0.15) is 11.1 Å². The maximum atomic E-state index is 5.51. The lowest BCUT2D eigenvalue weighted by Crippen LogP contribution is -2.19. The number of rotatable bonds is 5. The van der Waals surface area contributed by atoms with Crippen LogP contribution in [0.4, 0.5) is 5.95 Å². The third-order valence-electron chi connectivity index (χ3n) is 2.83. The van der Waals surface area contributed by atoms with Crippen LogP contribution in [0.3, 0.4) is 0 Å². The monoisotopic (exact) mass is 320 g/mol. The van der Waals surface area contributed by atoms with Gasteiger partial charge in [-0.1, -0.05) is 34.1 Å². The first kappa shape index (κ1) is 14.0. The molecule has 0 saturated carbocycles. The second-order valence-corrected chi connectivity index (χ2v) is 5.23. The number of nitrogens with two attached hydrogens (primary N) is 1. The molecule has 1 heterocycles. The molecule has 0 radical (unpaired) electrons. The van der Waals surface area contributed by atoms with Crippen molar-refractivity contribution in [3.05, 3.63) is 52.3 Å². The molecule has 19 heavy (non-hydrogen) atoms. The number of anilines is 1. The van der Waals surface area contributed by atoms with E-state index in [1.54, 1.807) is 0 Å². The topological polar surface area (TPSA) is 55.0 Å². The number of hydrogen-bond donors (Lipinski definition) is 1. The molecule has 1 aromatic heterocycles. The Balaban J connectivity index is 2.07. The van der Waals surface area contributed by atoms with E-state index in [9.17, 15) is 0 Å². The summed E-state index contributed by atoms with van der Waals surface area (Å²) in [5, 5.41) is 0. The van der Waals surface area contributed by atoms with Crippen molar-refractivity contribution in [3.63, 3.8) is 0 Å². The number of nitrogens with zero attached hydrogens (tertiary/aromatic N) is 3. The third kappa shape index (κ3) is 3.75. The number of benzene rings is 1. The van der Waals surface area contributed by atoms with E-state index in [0.717, 1.165) is 29.0 Å². The summed E-state index contributed by atoms with van der Waals surface area (Å²) in [7, 11) is 1.98. The highest BCUT2D eigenvalue weighted by atomic mass is 79.9. The standard InChI is InChI=1S/C14H17BrN4/c1-19(10-12-4-2-3-5-13(12)15)14-17-8-11(6-7-16)9-18-14/h2-5,8-9H,6-7,10,16H2,1H3. The highest BCUT2D eigenvalue weighted by Crippen LogP contribution is 2.18. The van der Waals surface area contributed by atoms with E-state index in [1.807, 2.05) is 42.5 Å². The van der Waals surface area contributed by atoms with Gasteiger partial charge in [0.2, 0.25) is 5.95 Å². The molecule has 0 aliphatic rings. The van der Waals surface area contributed by atoms with Gasteiger partial charge in [0.1, 0.15) is 0 Å². The zero-order valence-electron chi connectivity index (χ0n) is 10.9. The Kier molecular flexibility index (Phi) is 4.87. The normalized spacial score (nSPS) is 10.5. The highest BCUT2D eigenvalue weighted by Gasteiger charge is 2.07. The van der Waals surface area contributed by atoms with Crippen molar-refractivity contribution < 1.29 is 0 Å². The molecule has 5 heteroatoms.